The first kappa shape index (κ1) is 26.6. The average Bonchev–Trinajstić information content (AvgIpc) is 2.91. The Morgan fingerprint density at radius 2 is 1.66 bits per heavy atom. The zero-order chi connectivity index (χ0) is 27.4. The van der Waals surface area contributed by atoms with E-state index in [4.69, 9.17) is 18.6 Å². The summed E-state index contributed by atoms with van der Waals surface area (Å²) >= 11 is 0. The summed E-state index contributed by atoms with van der Waals surface area (Å²) in [4.78, 5) is 25.5. The van der Waals surface area contributed by atoms with Crippen molar-refractivity contribution in [2.75, 3.05) is 26.1 Å². The van der Waals surface area contributed by atoms with Crippen molar-refractivity contribution in [2.24, 2.45) is 0 Å². The Morgan fingerprint density at radius 1 is 0.947 bits per heavy atom. The lowest BCUT2D eigenvalue weighted by molar-refractivity contribution is -0.152. The number of aryl methyl sites for hydroxylation is 1. The number of anilines is 1. The van der Waals surface area contributed by atoms with Crippen LogP contribution in [-0.2, 0) is 17.4 Å². The van der Waals surface area contributed by atoms with Crippen molar-refractivity contribution in [3.05, 3.63) is 82.2 Å². The minimum atomic E-state index is -4.97. The Morgan fingerprint density at radius 3 is 2.29 bits per heavy atom. The molecule has 1 amide bonds. The molecule has 10 heteroatoms. The number of halogens is 3. The number of methoxy groups -OCH3 is 2. The Labute approximate surface area is 215 Å². The van der Waals surface area contributed by atoms with Crippen molar-refractivity contribution < 1.29 is 36.6 Å². The molecule has 0 saturated heterocycles. The molecule has 1 aromatic heterocycles. The van der Waals surface area contributed by atoms with Crippen LogP contribution >= 0.6 is 0 Å². The summed E-state index contributed by atoms with van der Waals surface area (Å²) in [7, 11) is 2.72. The summed E-state index contributed by atoms with van der Waals surface area (Å²) in [6, 6.07) is 15.1. The summed E-state index contributed by atoms with van der Waals surface area (Å²) in [5.41, 5.74) is -0.227. The fraction of sp³-hybridized carbons (Fsp3) is 0.214. The van der Waals surface area contributed by atoms with Crippen LogP contribution in [0.5, 0.6) is 17.2 Å². The van der Waals surface area contributed by atoms with Gasteiger partial charge in [0.2, 0.25) is 11.2 Å². The second-order valence-corrected chi connectivity index (χ2v) is 8.25. The molecule has 198 valence electrons. The van der Waals surface area contributed by atoms with Crippen molar-refractivity contribution in [1.29, 1.82) is 0 Å². The molecule has 38 heavy (non-hydrogen) atoms. The molecule has 0 saturated carbocycles. The maximum atomic E-state index is 14.0. The topological polar surface area (TPSA) is 87.0 Å². The van der Waals surface area contributed by atoms with Gasteiger partial charge in [-0.3, -0.25) is 9.59 Å². The summed E-state index contributed by atoms with van der Waals surface area (Å²) in [6.07, 6.45) is -4.11. The van der Waals surface area contributed by atoms with E-state index in [1.54, 1.807) is 12.1 Å². The molecule has 0 aliphatic heterocycles. The fourth-order valence-corrected chi connectivity index (χ4v) is 3.89. The van der Waals surface area contributed by atoms with Crippen molar-refractivity contribution >= 4 is 22.6 Å². The van der Waals surface area contributed by atoms with Gasteiger partial charge in [-0.25, -0.2) is 0 Å². The van der Waals surface area contributed by atoms with Gasteiger partial charge in [0, 0.05) is 11.8 Å². The van der Waals surface area contributed by atoms with Gasteiger partial charge in [0.05, 0.1) is 25.2 Å². The van der Waals surface area contributed by atoms with E-state index in [1.165, 1.54) is 44.6 Å². The van der Waals surface area contributed by atoms with E-state index in [2.05, 4.69) is 5.32 Å². The molecule has 0 fully saturated rings. The van der Waals surface area contributed by atoms with Gasteiger partial charge in [-0.05, 0) is 53.9 Å². The van der Waals surface area contributed by atoms with Gasteiger partial charge in [0.25, 0.3) is 5.91 Å². The molecule has 0 atom stereocenters. The minimum absolute atomic E-state index is 0.0467. The summed E-state index contributed by atoms with van der Waals surface area (Å²) in [5, 5.41) is 2.59. The third-order valence-corrected chi connectivity index (χ3v) is 5.81. The van der Waals surface area contributed by atoms with E-state index in [0.29, 0.717) is 11.4 Å². The largest absolute Gasteiger partial charge is 0.493 e. The number of amides is 1. The van der Waals surface area contributed by atoms with Crippen molar-refractivity contribution in [3.8, 4) is 28.4 Å². The van der Waals surface area contributed by atoms with Crippen LogP contribution in [0, 0.1) is 0 Å². The Bertz CT molecular complexity index is 1530. The number of benzene rings is 3. The maximum Gasteiger partial charge on any atom is 0.450 e. The molecular weight excluding hydrogens is 503 g/mol. The van der Waals surface area contributed by atoms with Crippen molar-refractivity contribution in [2.45, 2.75) is 19.5 Å². The molecule has 1 heterocycles. The zero-order valence-electron chi connectivity index (χ0n) is 20.8. The first-order chi connectivity index (χ1) is 18.1. The number of hydrogen-bond acceptors (Lipinski definition) is 6. The number of carbonyl (C=O) groups is 1. The lowest BCUT2D eigenvalue weighted by atomic mass is 10.0. The lowest BCUT2D eigenvalue weighted by Gasteiger charge is -2.15. The Balaban J connectivity index is 1.64. The normalized spacial score (nSPS) is 11.3. The van der Waals surface area contributed by atoms with Gasteiger partial charge in [-0.15, -0.1) is 0 Å². The third-order valence-electron chi connectivity index (χ3n) is 5.81. The highest BCUT2D eigenvalue weighted by Crippen LogP contribution is 2.40. The second-order valence-electron chi connectivity index (χ2n) is 8.25. The monoisotopic (exact) mass is 527 g/mol. The number of alkyl halides is 3. The molecule has 4 rings (SSSR count). The molecule has 0 aliphatic carbocycles. The van der Waals surface area contributed by atoms with E-state index < -0.39 is 35.4 Å². The molecule has 0 radical (unpaired) electrons. The van der Waals surface area contributed by atoms with E-state index in [1.807, 2.05) is 19.1 Å². The van der Waals surface area contributed by atoms with Gasteiger partial charge in [0.15, 0.2) is 18.1 Å². The third kappa shape index (κ3) is 5.59. The van der Waals surface area contributed by atoms with E-state index in [-0.39, 0.29) is 28.0 Å². The minimum Gasteiger partial charge on any atom is -0.493 e. The molecule has 3 aromatic carbocycles. The average molecular weight is 527 g/mol. The van der Waals surface area contributed by atoms with Crippen molar-refractivity contribution in [3.63, 3.8) is 0 Å². The highest BCUT2D eigenvalue weighted by molar-refractivity contribution is 5.92. The number of fused-ring (bicyclic) bond motifs is 1. The quantitative estimate of drug-likeness (QED) is 0.299. The smallest absolute Gasteiger partial charge is 0.450 e. The van der Waals surface area contributed by atoms with Gasteiger partial charge >= 0.3 is 6.18 Å². The predicted octanol–water partition coefficient (Wildman–Crippen LogP) is 6.08. The van der Waals surface area contributed by atoms with E-state index in [0.717, 1.165) is 18.1 Å². The number of carbonyl (C=O) groups excluding carboxylic acids is 1. The van der Waals surface area contributed by atoms with Crippen LogP contribution < -0.4 is 25.0 Å². The molecule has 0 unspecified atom stereocenters. The first-order valence-corrected chi connectivity index (χ1v) is 11.6. The molecule has 0 aliphatic rings. The molecule has 0 bridgehead atoms. The molecule has 4 aromatic rings. The molecule has 1 N–H and O–H groups in total. The fourth-order valence-electron chi connectivity index (χ4n) is 3.89. The summed E-state index contributed by atoms with van der Waals surface area (Å²) in [5.74, 6) is -1.42. The summed E-state index contributed by atoms with van der Waals surface area (Å²) in [6.45, 7) is 1.61. The Hall–Kier alpha value is -4.47. The van der Waals surface area contributed by atoms with Crippen LogP contribution in [0.15, 0.2) is 69.9 Å². The molecule has 0 spiro atoms. The van der Waals surface area contributed by atoms with Gasteiger partial charge in [0.1, 0.15) is 11.3 Å². The highest BCUT2D eigenvalue weighted by Gasteiger charge is 2.39. The van der Waals surface area contributed by atoms with Crippen LogP contribution in [0.2, 0.25) is 0 Å². The summed E-state index contributed by atoms with van der Waals surface area (Å²) < 4.78 is 63.0. The number of rotatable bonds is 8. The standard InChI is InChI=1S/C28H24F3NO6/c1-4-16-5-8-18(9-6-16)32-24(33)15-37-19-10-11-20-22(14-19)38-27(28(29,30)31)25(26(20)34)17-7-12-21(35-2)23(13-17)36-3/h5-14H,4,15H2,1-3H3,(H,32,33). The zero-order valence-corrected chi connectivity index (χ0v) is 20.8. The predicted molar refractivity (Wildman–Crippen MR) is 136 cm³/mol. The van der Waals surface area contributed by atoms with E-state index in [9.17, 15) is 22.8 Å². The molecule has 7 nitrogen and oxygen atoms in total. The van der Waals surface area contributed by atoms with Crippen LogP contribution in [0.25, 0.3) is 22.1 Å². The van der Waals surface area contributed by atoms with Crippen LogP contribution in [0.1, 0.15) is 18.2 Å². The van der Waals surface area contributed by atoms with Crippen LogP contribution in [0.3, 0.4) is 0 Å². The van der Waals surface area contributed by atoms with Gasteiger partial charge < -0.3 is 23.9 Å². The highest BCUT2D eigenvalue weighted by atomic mass is 19.4. The van der Waals surface area contributed by atoms with Gasteiger partial charge in [-0.1, -0.05) is 25.1 Å². The second kappa shape index (κ2) is 10.9. The van der Waals surface area contributed by atoms with E-state index >= 15 is 0 Å². The van der Waals surface area contributed by atoms with Crippen LogP contribution in [-0.4, -0.2) is 26.7 Å². The van der Waals surface area contributed by atoms with Gasteiger partial charge in [-0.2, -0.15) is 13.2 Å². The number of hydrogen-bond donors (Lipinski definition) is 1. The molecular formula is C28H24F3NO6. The lowest BCUT2D eigenvalue weighted by Crippen LogP contribution is -2.20. The SMILES string of the molecule is CCc1ccc(NC(=O)COc2ccc3c(=O)c(-c4ccc(OC)c(OC)c4)c(C(F)(F)F)oc3c2)cc1. The number of ether oxygens (including phenoxy) is 3. The first-order valence-electron chi connectivity index (χ1n) is 11.6. The van der Waals surface area contributed by atoms with Crippen molar-refractivity contribution in [1.82, 2.24) is 0 Å². The Kier molecular flexibility index (Phi) is 7.61. The maximum absolute atomic E-state index is 14.0. The number of nitrogens with one attached hydrogen (secondary N) is 1. The van der Waals surface area contributed by atoms with Crippen LogP contribution in [0.4, 0.5) is 18.9 Å².